The van der Waals surface area contributed by atoms with Crippen LogP contribution in [0.1, 0.15) is 80.1 Å². The Balaban J connectivity index is 0.000000241. The first kappa shape index (κ1) is 51.6. The number of hydrogen-bond donors (Lipinski definition) is 2. The minimum absolute atomic E-state index is 0.0231. The predicted molar refractivity (Wildman–Crippen MR) is 236 cm³/mol. The van der Waals surface area contributed by atoms with E-state index in [-0.39, 0.29) is 59.3 Å². The number of nitrogens with zero attached hydrogens (tertiary/aromatic N) is 2. The Morgan fingerprint density at radius 2 is 1.14 bits per heavy atom. The molecule has 0 amide bonds. The van der Waals surface area contributed by atoms with Crippen LogP contribution in [0.25, 0.3) is 22.9 Å². The summed E-state index contributed by atoms with van der Waals surface area (Å²) in [7, 11) is 0. The number of carboxylic acid groups (broad SMARTS) is 1. The number of benzene rings is 4. The van der Waals surface area contributed by atoms with E-state index in [0.717, 1.165) is 0 Å². The molecule has 0 bridgehead atoms. The van der Waals surface area contributed by atoms with Crippen LogP contribution in [-0.2, 0) is 13.0 Å². The third-order valence-corrected chi connectivity index (χ3v) is 8.57. The highest BCUT2D eigenvalue weighted by molar-refractivity contribution is 5.98. The quantitative estimate of drug-likeness (QED) is 0.0512. The lowest BCUT2D eigenvalue weighted by atomic mass is 10.0. The van der Waals surface area contributed by atoms with Crippen LogP contribution in [-0.4, -0.2) is 66.0 Å². The highest BCUT2D eigenvalue weighted by Crippen LogP contribution is 2.36. The molecular formula is C48H53F4N3O11. The van der Waals surface area contributed by atoms with E-state index < -0.39 is 19.2 Å². The minimum Gasteiger partial charge on any atom is -0.493 e. The summed E-state index contributed by atoms with van der Waals surface area (Å²) in [4.78, 5) is 31.9. The molecular weight excluding hydrogens is 871 g/mol. The number of ether oxygens (including phenoxy) is 6. The number of aromatic nitrogens is 2. The zero-order chi connectivity index (χ0) is 48.2. The zero-order valence-electron chi connectivity index (χ0n) is 37.3. The van der Waals surface area contributed by atoms with Crippen LogP contribution >= 0.6 is 0 Å². The minimum atomic E-state index is -2.96. The Bertz CT molecular complexity index is 2440. The zero-order valence-corrected chi connectivity index (χ0v) is 37.3. The standard InChI is InChI=1S/C24H25F2NO5.C15H18F2N2O3.C9H10O3/c1-4-29-20-8-6-5-7-18(20)19(28)11-10-17-14-30-23(27-17)16-9-12-21(32-24(25)26)22(13-16)31-15(2)3;1-9(2)7-20-13-5-10(3-4-12(13)22-15(16)17)14-19-11(6-18)8-21-14;1-2-12-8-6-4-3-5-7(8)9(10)11/h5-9,12-15,24H,4,10-11H2,1-3H3;3-5,8-9,15H,6-7,18H2,1-2H3;3-6H,2H2,1H3,(H,10,11). The number of Topliss-reactive ketones (excluding diaryl/α,β-unsaturated/α-hetero) is 1. The number of halogens is 4. The van der Waals surface area contributed by atoms with E-state index in [9.17, 15) is 27.2 Å². The lowest BCUT2D eigenvalue weighted by Crippen LogP contribution is -2.09. The monoisotopic (exact) mass is 923 g/mol. The molecule has 0 saturated carbocycles. The maximum Gasteiger partial charge on any atom is 0.387 e. The molecule has 0 unspecified atom stereocenters. The molecule has 354 valence electrons. The number of ketones is 1. The van der Waals surface area contributed by atoms with Gasteiger partial charge in [-0.15, -0.1) is 0 Å². The van der Waals surface area contributed by atoms with E-state index in [2.05, 4.69) is 19.4 Å². The first-order valence-electron chi connectivity index (χ1n) is 20.9. The van der Waals surface area contributed by atoms with Crippen LogP contribution in [0.2, 0.25) is 0 Å². The van der Waals surface area contributed by atoms with Crippen molar-refractivity contribution >= 4 is 11.8 Å². The molecule has 6 rings (SSSR count). The number of carboxylic acids is 1. The number of aryl methyl sites for hydroxylation is 1. The number of hydrogen-bond acceptors (Lipinski definition) is 13. The van der Waals surface area contributed by atoms with Crippen LogP contribution < -0.4 is 34.2 Å². The maximum atomic E-state index is 12.7. The second-order valence-electron chi connectivity index (χ2n) is 14.5. The van der Waals surface area contributed by atoms with Crippen molar-refractivity contribution in [3.8, 4) is 57.4 Å². The van der Waals surface area contributed by atoms with Gasteiger partial charge in [0, 0.05) is 30.5 Å². The smallest absolute Gasteiger partial charge is 0.387 e. The molecule has 3 N–H and O–H groups in total. The molecule has 0 aliphatic rings. The number of alkyl halides is 4. The summed E-state index contributed by atoms with van der Waals surface area (Å²) >= 11 is 0. The van der Waals surface area contributed by atoms with Gasteiger partial charge in [-0.1, -0.05) is 38.1 Å². The predicted octanol–water partition coefficient (Wildman–Crippen LogP) is 11.2. The highest BCUT2D eigenvalue weighted by atomic mass is 19.3. The lowest BCUT2D eigenvalue weighted by Gasteiger charge is -2.15. The van der Waals surface area contributed by atoms with E-state index in [1.165, 1.54) is 36.8 Å². The molecule has 0 atom stereocenters. The largest absolute Gasteiger partial charge is 0.493 e. The second-order valence-corrected chi connectivity index (χ2v) is 14.5. The van der Waals surface area contributed by atoms with Gasteiger partial charge in [0.15, 0.2) is 28.8 Å². The number of nitrogens with two attached hydrogens (primary N) is 1. The SMILES string of the molecule is CC(C)COc1cc(-c2nc(CN)co2)ccc1OC(F)F.CCOc1ccccc1C(=O)CCc1coc(-c2ccc(OC(F)F)c(OC(C)C)c2)n1.CCOc1ccccc1C(=O)O. The van der Waals surface area contributed by atoms with E-state index in [1.54, 1.807) is 68.4 Å². The van der Waals surface area contributed by atoms with Crippen LogP contribution in [0.15, 0.2) is 106 Å². The number of para-hydroxylation sites is 2. The fraction of sp³-hybridized carbons (Fsp3) is 0.333. The average Bonchev–Trinajstić information content (AvgIpc) is 3.97. The number of carbonyl (C=O) groups is 2. The molecule has 0 aliphatic heterocycles. The van der Waals surface area contributed by atoms with E-state index in [0.29, 0.717) is 77.6 Å². The molecule has 0 saturated heterocycles. The van der Waals surface area contributed by atoms with Crippen molar-refractivity contribution in [2.45, 2.75) is 80.3 Å². The van der Waals surface area contributed by atoms with E-state index in [4.69, 9.17) is 38.6 Å². The summed E-state index contributed by atoms with van der Waals surface area (Å²) in [6.45, 7) is 6.86. The average molecular weight is 924 g/mol. The molecule has 0 fully saturated rings. The van der Waals surface area contributed by atoms with Gasteiger partial charge in [-0.25, -0.2) is 14.8 Å². The van der Waals surface area contributed by atoms with Crippen molar-refractivity contribution in [3.63, 3.8) is 0 Å². The Hall–Kier alpha value is -7.08. The number of rotatable bonds is 21. The normalized spacial score (nSPS) is 10.8. The summed E-state index contributed by atoms with van der Waals surface area (Å²) in [5.41, 5.74) is 8.56. The Kier molecular flexibility index (Phi) is 20.3. The summed E-state index contributed by atoms with van der Waals surface area (Å²) in [5, 5.41) is 8.71. The topological polar surface area (TPSA) is 188 Å². The molecule has 0 spiro atoms. The van der Waals surface area contributed by atoms with Gasteiger partial charge in [0.05, 0.1) is 42.9 Å². The maximum absolute atomic E-state index is 12.7. The summed E-state index contributed by atoms with van der Waals surface area (Å²) in [6.07, 6.45) is 3.30. The number of oxazole rings is 2. The Morgan fingerprint density at radius 3 is 1.64 bits per heavy atom. The van der Waals surface area contributed by atoms with Crippen molar-refractivity contribution in [1.29, 1.82) is 0 Å². The molecule has 0 aliphatic carbocycles. The summed E-state index contributed by atoms with van der Waals surface area (Å²) in [5.74, 6) is 1.15. The van der Waals surface area contributed by atoms with Gasteiger partial charge in [-0.05, 0) is 94.3 Å². The fourth-order valence-corrected chi connectivity index (χ4v) is 5.75. The molecule has 2 heterocycles. The van der Waals surface area contributed by atoms with Crippen molar-refractivity contribution < 1.29 is 69.5 Å². The van der Waals surface area contributed by atoms with Gasteiger partial charge >= 0.3 is 19.2 Å². The molecule has 66 heavy (non-hydrogen) atoms. The second kappa shape index (κ2) is 26.0. The van der Waals surface area contributed by atoms with Crippen molar-refractivity contribution in [2.24, 2.45) is 11.7 Å². The summed E-state index contributed by atoms with van der Waals surface area (Å²) in [6, 6.07) is 22.7. The Morgan fingerprint density at radius 1 is 0.636 bits per heavy atom. The highest BCUT2D eigenvalue weighted by Gasteiger charge is 2.19. The number of carbonyl (C=O) groups excluding carboxylic acids is 1. The third-order valence-electron chi connectivity index (χ3n) is 8.57. The molecule has 18 heteroatoms. The molecule has 0 radical (unpaired) electrons. The van der Waals surface area contributed by atoms with Crippen LogP contribution in [0.5, 0.6) is 34.5 Å². The number of aromatic carboxylic acids is 1. The van der Waals surface area contributed by atoms with Crippen LogP contribution in [0.4, 0.5) is 17.6 Å². The Labute approximate surface area is 379 Å². The van der Waals surface area contributed by atoms with Gasteiger partial charge in [0.2, 0.25) is 11.8 Å². The molecule has 4 aromatic carbocycles. The first-order valence-corrected chi connectivity index (χ1v) is 20.9. The van der Waals surface area contributed by atoms with E-state index >= 15 is 0 Å². The van der Waals surface area contributed by atoms with Gasteiger partial charge in [0.25, 0.3) is 0 Å². The van der Waals surface area contributed by atoms with Crippen molar-refractivity contribution in [2.75, 3.05) is 19.8 Å². The third kappa shape index (κ3) is 16.2. The molecule has 14 nitrogen and oxygen atoms in total. The van der Waals surface area contributed by atoms with Gasteiger partial charge in [-0.3, -0.25) is 4.79 Å². The van der Waals surface area contributed by atoms with Crippen molar-refractivity contribution in [1.82, 2.24) is 9.97 Å². The van der Waals surface area contributed by atoms with Gasteiger partial charge in [0.1, 0.15) is 29.6 Å². The first-order chi connectivity index (χ1) is 31.6. The lowest BCUT2D eigenvalue weighted by molar-refractivity contribution is -0.0523. The molecule has 6 aromatic rings. The van der Waals surface area contributed by atoms with E-state index in [1.807, 2.05) is 33.8 Å². The summed E-state index contributed by atoms with van der Waals surface area (Å²) < 4.78 is 91.8. The van der Waals surface area contributed by atoms with Gasteiger partial charge in [-0.2, -0.15) is 17.6 Å². The van der Waals surface area contributed by atoms with Gasteiger partial charge < -0.3 is 48.1 Å². The molecule has 2 aromatic heterocycles. The van der Waals surface area contributed by atoms with Crippen molar-refractivity contribution in [3.05, 3.63) is 120 Å². The fourth-order valence-electron chi connectivity index (χ4n) is 5.75. The van der Waals surface area contributed by atoms with Crippen LogP contribution in [0.3, 0.4) is 0 Å². The van der Waals surface area contributed by atoms with Crippen LogP contribution in [0, 0.1) is 5.92 Å².